The van der Waals surface area contributed by atoms with E-state index in [-0.39, 0.29) is 10.6 Å². The minimum atomic E-state index is -5.44. The minimum absolute atomic E-state index is 0.0885. The monoisotopic (exact) mass is 554 g/mol. The average Bonchev–Trinajstić information content (AvgIpc) is 2.78. The molecule has 198 valence electrons. The number of ether oxygens (including phenoxy) is 1. The van der Waals surface area contributed by atoms with E-state index in [1.165, 1.54) is 0 Å². The number of hydrogen-bond acceptors (Lipinski definition) is 6. The Morgan fingerprint density at radius 1 is 1.16 bits per heavy atom. The van der Waals surface area contributed by atoms with Crippen LogP contribution in [0.15, 0.2) is 36.5 Å². The largest absolute Gasteiger partial charge is 0.490 e. The molecule has 2 saturated heterocycles. The molecule has 1 aromatic carbocycles. The highest BCUT2D eigenvalue weighted by atomic mass is 35.5. The van der Waals surface area contributed by atoms with Gasteiger partial charge in [0.25, 0.3) is 5.91 Å². The van der Waals surface area contributed by atoms with Gasteiger partial charge in [-0.25, -0.2) is 14.2 Å². The first-order valence-electron chi connectivity index (χ1n) is 10.3. The van der Waals surface area contributed by atoms with Crippen LogP contribution in [-0.2, 0) is 31.8 Å². The number of halogens is 8. The molecule has 2 amide bonds. The highest BCUT2D eigenvalue weighted by Gasteiger charge is 2.66. The first-order valence-corrected chi connectivity index (χ1v) is 10.6. The fraction of sp³-hybridized carbons (Fsp3) is 0.333. The fourth-order valence-corrected chi connectivity index (χ4v) is 4.11. The second-order valence-corrected chi connectivity index (χ2v) is 8.55. The Kier molecular flexibility index (Phi) is 6.56. The minimum Gasteiger partial charge on any atom is -0.437 e. The van der Waals surface area contributed by atoms with Crippen LogP contribution >= 0.6 is 11.6 Å². The third kappa shape index (κ3) is 4.80. The number of nitrogens with one attached hydrogen (secondary N) is 1. The Hall–Kier alpha value is -3.46. The van der Waals surface area contributed by atoms with E-state index in [0.717, 1.165) is 41.4 Å². The summed E-state index contributed by atoms with van der Waals surface area (Å²) in [7, 11) is 0. The highest BCUT2D eigenvalue weighted by Crippen LogP contribution is 2.38. The van der Waals surface area contributed by atoms with Crippen LogP contribution in [0.2, 0.25) is 5.02 Å². The molecule has 0 bridgehead atoms. The number of benzene rings is 1. The molecule has 1 aromatic heterocycles. The maximum atomic E-state index is 14.5. The van der Waals surface area contributed by atoms with Crippen molar-refractivity contribution >= 4 is 35.2 Å². The van der Waals surface area contributed by atoms with Crippen molar-refractivity contribution < 1.29 is 49.9 Å². The zero-order valence-electron chi connectivity index (χ0n) is 18.2. The second-order valence-electron chi connectivity index (χ2n) is 8.11. The summed E-state index contributed by atoms with van der Waals surface area (Å²) in [6.45, 7) is -1.86. The summed E-state index contributed by atoms with van der Waals surface area (Å²) in [5.74, 6) is -6.48. The predicted octanol–water partition coefficient (Wildman–Crippen LogP) is 3.04. The Labute approximate surface area is 207 Å². The SMILES string of the molecule is O=C1CN(c2ncc(Cl)cc2F)C(=O)C2(CNC2OC(=O)C(F)(F)F)N1Cc1ccc(C(F)(F)F)cc1. The van der Waals surface area contributed by atoms with Crippen molar-refractivity contribution in [3.05, 3.63) is 58.5 Å². The number of hydrogen-bond donors (Lipinski definition) is 1. The number of alkyl halides is 6. The standard InChI is InChI=1S/C21H14ClF7N4O4/c22-12-5-13(23)15(30-6-12)32-8-14(34)33(7-10-1-3-11(4-2-10)20(24,25)26)19(17(32)35)9-31-16(19)37-18(36)21(27,28)29/h1-6,16,31H,7-9H2. The second kappa shape index (κ2) is 9.13. The highest BCUT2D eigenvalue weighted by molar-refractivity contribution is 6.30. The maximum Gasteiger partial charge on any atom is 0.490 e. The maximum absolute atomic E-state index is 14.5. The zero-order chi connectivity index (χ0) is 27.3. The van der Waals surface area contributed by atoms with Crippen molar-refractivity contribution in [1.82, 2.24) is 15.2 Å². The molecule has 16 heteroatoms. The number of piperazine rings is 1. The van der Waals surface area contributed by atoms with Crippen LogP contribution in [-0.4, -0.2) is 58.7 Å². The van der Waals surface area contributed by atoms with Crippen molar-refractivity contribution in [3.63, 3.8) is 0 Å². The lowest BCUT2D eigenvalue weighted by Gasteiger charge is -2.57. The number of esters is 1. The molecule has 2 aliphatic heterocycles. The van der Waals surface area contributed by atoms with E-state index < -0.39 is 78.7 Å². The lowest BCUT2D eigenvalue weighted by atomic mass is 9.82. The van der Waals surface area contributed by atoms with Gasteiger partial charge in [0.1, 0.15) is 6.54 Å². The Morgan fingerprint density at radius 2 is 1.81 bits per heavy atom. The van der Waals surface area contributed by atoms with Crippen LogP contribution in [0.25, 0.3) is 0 Å². The Balaban J connectivity index is 1.72. The number of aromatic nitrogens is 1. The van der Waals surface area contributed by atoms with E-state index in [9.17, 15) is 45.1 Å². The van der Waals surface area contributed by atoms with Crippen LogP contribution in [0, 0.1) is 5.82 Å². The lowest BCUT2D eigenvalue weighted by Crippen LogP contribution is -2.85. The van der Waals surface area contributed by atoms with Gasteiger partial charge in [-0.2, -0.15) is 26.3 Å². The third-order valence-electron chi connectivity index (χ3n) is 5.80. The number of carbonyl (C=O) groups excluding carboxylic acids is 3. The molecule has 2 unspecified atom stereocenters. The van der Waals surface area contributed by atoms with Crippen molar-refractivity contribution in [2.24, 2.45) is 0 Å². The molecule has 1 N–H and O–H groups in total. The topological polar surface area (TPSA) is 91.8 Å². The average molecular weight is 555 g/mol. The summed E-state index contributed by atoms with van der Waals surface area (Å²) >= 11 is 5.67. The zero-order valence-corrected chi connectivity index (χ0v) is 18.9. The van der Waals surface area contributed by atoms with Gasteiger partial charge in [0.05, 0.1) is 10.6 Å². The van der Waals surface area contributed by atoms with E-state index in [4.69, 9.17) is 11.6 Å². The summed E-state index contributed by atoms with van der Waals surface area (Å²) in [6.07, 6.45) is -11.1. The van der Waals surface area contributed by atoms with Gasteiger partial charge in [0.15, 0.2) is 23.4 Å². The number of rotatable bonds is 4. The van der Waals surface area contributed by atoms with Crippen LogP contribution in [0.4, 0.5) is 36.6 Å². The van der Waals surface area contributed by atoms with E-state index in [0.29, 0.717) is 4.90 Å². The molecule has 0 aliphatic carbocycles. The summed E-state index contributed by atoms with van der Waals surface area (Å²) < 4.78 is 96.3. The Bertz CT molecular complexity index is 1250. The van der Waals surface area contributed by atoms with Gasteiger partial charge in [-0.1, -0.05) is 23.7 Å². The molecule has 2 aromatic rings. The van der Waals surface area contributed by atoms with Gasteiger partial charge in [-0.3, -0.25) is 19.8 Å². The lowest BCUT2D eigenvalue weighted by molar-refractivity contribution is -0.224. The molecular formula is C21H14ClF7N4O4. The van der Waals surface area contributed by atoms with Crippen LogP contribution in [0.3, 0.4) is 0 Å². The molecule has 2 atom stereocenters. The van der Waals surface area contributed by atoms with Gasteiger partial charge in [0.2, 0.25) is 5.91 Å². The summed E-state index contributed by atoms with van der Waals surface area (Å²) in [6, 6.07) is 4.27. The number of carbonyl (C=O) groups is 3. The molecular weight excluding hydrogens is 541 g/mol. The van der Waals surface area contributed by atoms with Crippen LogP contribution < -0.4 is 10.2 Å². The van der Waals surface area contributed by atoms with Crippen molar-refractivity contribution in [1.29, 1.82) is 0 Å². The molecule has 2 fully saturated rings. The van der Waals surface area contributed by atoms with Gasteiger partial charge in [0, 0.05) is 19.3 Å². The molecule has 0 radical (unpaired) electrons. The number of anilines is 1. The van der Waals surface area contributed by atoms with Crippen molar-refractivity contribution in [3.8, 4) is 0 Å². The van der Waals surface area contributed by atoms with Gasteiger partial charge >= 0.3 is 18.3 Å². The first kappa shape index (κ1) is 26.6. The molecule has 8 nitrogen and oxygen atoms in total. The molecule has 2 aliphatic rings. The molecule has 37 heavy (non-hydrogen) atoms. The van der Waals surface area contributed by atoms with E-state index in [1.54, 1.807) is 0 Å². The molecule has 3 heterocycles. The predicted molar refractivity (Wildman–Crippen MR) is 110 cm³/mol. The normalized spacial score (nSPS) is 22.3. The number of pyridine rings is 1. The van der Waals surface area contributed by atoms with Gasteiger partial charge < -0.3 is 9.64 Å². The summed E-state index contributed by atoms with van der Waals surface area (Å²) in [5.41, 5.74) is -3.19. The smallest absolute Gasteiger partial charge is 0.437 e. The van der Waals surface area contributed by atoms with Crippen LogP contribution in [0.5, 0.6) is 0 Å². The van der Waals surface area contributed by atoms with Crippen LogP contribution in [0.1, 0.15) is 11.1 Å². The third-order valence-corrected chi connectivity index (χ3v) is 6.01. The number of amides is 2. The van der Waals surface area contributed by atoms with E-state index >= 15 is 0 Å². The molecule has 4 rings (SSSR count). The van der Waals surface area contributed by atoms with Crippen molar-refractivity contribution in [2.75, 3.05) is 18.0 Å². The summed E-state index contributed by atoms with van der Waals surface area (Å²) in [4.78, 5) is 43.3. The quantitative estimate of drug-likeness (QED) is 0.462. The van der Waals surface area contributed by atoms with Gasteiger partial charge in [-0.15, -0.1) is 0 Å². The van der Waals surface area contributed by atoms with E-state index in [2.05, 4.69) is 15.0 Å². The number of nitrogens with zero attached hydrogens (tertiary/aromatic N) is 3. The molecule has 1 spiro atoms. The van der Waals surface area contributed by atoms with E-state index in [1.807, 2.05) is 0 Å². The van der Waals surface area contributed by atoms with Gasteiger partial charge in [-0.05, 0) is 23.8 Å². The van der Waals surface area contributed by atoms with Crippen molar-refractivity contribution in [2.45, 2.75) is 30.7 Å². The Morgan fingerprint density at radius 3 is 2.32 bits per heavy atom. The fourth-order valence-electron chi connectivity index (χ4n) is 3.97. The summed E-state index contributed by atoms with van der Waals surface area (Å²) in [5, 5.41) is 2.19. The molecule has 0 saturated carbocycles. The first-order chi connectivity index (χ1) is 17.1.